The molecule has 0 aliphatic carbocycles. The van der Waals surface area contributed by atoms with Crippen molar-refractivity contribution < 1.29 is 9.53 Å². The number of para-hydroxylation sites is 1. The number of aromatic nitrogens is 3. The van der Waals surface area contributed by atoms with Gasteiger partial charge in [0.25, 0.3) is 0 Å². The van der Waals surface area contributed by atoms with Gasteiger partial charge in [0, 0.05) is 16.7 Å². The van der Waals surface area contributed by atoms with Crippen molar-refractivity contribution in [3.63, 3.8) is 0 Å². The van der Waals surface area contributed by atoms with Gasteiger partial charge in [-0.3, -0.25) is 4.79 Å². The molecule has 30 heavy (non-hydrogen) atoms. The smallest absolute Gasteiger partial charge is 0.234 e. The molecule has 0 radical (unpaired) electrons. The third-order valence-corrected chi connectivity index (χ3v) is 6.63. The van der Waals surface area contributed by atoms with Gasteiger partial charge in [-0.25, -0.2) is 0 Å². The number of anilines is 1. The molecule has 1 aromatic heterocycles. The zero-order valence-corrected chi connectivity index (χ0v) is 19.9. The monoisotopic (exact) mass is 488 g/mol. The van der Waals surface area contributed by atoms with E-state index in [4.69, 9.17) is 4.74 Å². The number of carbonyl (C=O) groups is 1. The standard InChI is InChI=1S/C22H25BrN4O2S/c1-5-27-21(16(4)29-17-9-7-6-8-10-17)25-26-22(27)30-13-20(28)24-19-12-11-18(23)14(2)15(19)3/h6-12,16H,5,13H2,1-4H3,(H,24,28). The normalized spacial score (nSPS) is 11.9. The van der Waals surface area contributed by atoms with E-state index in [1.165, 1.54) is 11.8 Å². The van der Waals surface area contributed by atoms with E-state index in [1.807, 2.05) is 74.7 Å². The average molecular weight is 489 g/mol. The fraction of sp³-hybridized carbons (Fsp3) is 0.318. The summed E-state index contributed by atoms with van der Waals surface area (Å²) in [4.78, 5) is 12.5. The first-order valence-electron chi connectivity index (χ1n) is 9.73. The minimum absolute atomic E-state index is 0.0781. The largest absolute Gasteiger partial charge is 0.483 e. The number of hydrogen-bond donors (Lipinski definition) is 1. The predicted molar refractivity (Wildman–Crippen MR) is 124 cm³/mol. The lowest BCUT2D eigenvalue weighted by molar-refractivity contribution is -0.113. The molecule has 1 atom stereocenters. The second kappa shape index (κ2) is 10.1. The Morgan fingerprint density at radius 3 is 2.60 bits per heavy atom. The van der Waals surface area contributed by atoms with Gasteiger partial charge < -0.3 is 14.6 Å². The Bertz CT molecular complexity index is 1020. The SMILES string of the molecule is CCn1c(SCC(=O)Nc2ccc(Br)c(C)c2C)nnc1C(C)Oc1ccccc1. The molecule has 8 heteroatoms. The number of hydrogen-bond acceptors (Lipinski definition) is 5. The first-order valence-corrected chi connectivity index (χ1v) is 11.5. The summed E-state index contributed by atoms with van der Waals surface area (Å²) in [5.41, 5.74) is 2.99. The van der Waals surface area contributed by atoms with Crippen molar-refractivity contribution >= 4 is 39.3 Å². The molecule has 0 bridgehead atoms. The summed E-state index contributed by atoms with van der Waals surface area (Å²) < 4.78 is 9.00. The van der Waals surface area contributed by atoms with E-state index in [9.17, 15) is 4.79 Å². The quantitative estimate of drug-likeness (QED) is 0.421. The molecule has 0 spiro atoms. The summed E-state index contributed by atoms with van der Waals surface area (Å²) in [7, 11) is 0. The van der Waals surface area contributed by atoms with Crippen LogP contribution < -0.4 is 10.1 Å². The van der Waals surface area contributed by atoms with Crippen molar-refractivity contribution in [1.82, 2.24) is 14.8 Å². The van der Waals surface area contributed by atoms with Crippen LogP contribution in [0.4, 0.5) is 5.69 Å². The van der Waals surface area contributed by atoms with Crippen LogP contribution in [0, 0.1) is 13.8 Å². The van der Waals surface area contributed by atoms with Crippen LogP contribution in [-0.4, -0.2) is 26.4 Å². The molecule has 2 aromatic carbocycles. The van der Waals surface area contributed by atoms with E-state index in [0.717, 1.165) is 32.9 Å². The fourth-order valence-corrected chi connectivity index (χ4v) is 4.24. The highest BCUT2D eigenvalue weighted by atomic mass is 79.9. The number of thioether (sulfide) groups is 1. The summed E-state index contributed by atoms with van der Waals surface area (Å²) in [6, 6.07) is 13.5. The molecule has 158 valence electrons. The fourth-order valence-electron chi connectivity index (χ4n) is 3.00. The molecular formula is C22H25BrN4O2S. The summed E-state index contributed by atoms with van der Waals surface area (Å²) in [6.07, 6.45) is -0.253. The second-order valence-electron chi connectivity index (χ2n) is 6.84. The van der Waals surface area contributed by atoms with Crippen LogP contribution in [-0.2, 0) is 11.3 Å². The number of ether oxygens (including phenoxy) is 1. The van der Waals surface area contributed by atoms with Gasteiger partial charge in [0.05, 0.1) is 5.75 Å². The van der Waals surface area contributed by atoms with Crippen molar-refractivity contribution in [3.05, 3.63) is 63.9 Å². The van der Waals surface area contributed by atoms with Crippen molar-refractivity contribution in [2.24, 2.45) is 0 Å². The summed E-state index contributed by atoms with van der Waals surface area (Å²) in [6.45, 7) is 8.69. The van der Waals surface area contributed by atoms with Crippen LogP contribution in [0.5, 0.6) is 5.75 Å². The topological polar surface area (TPSA) is 69.0 Å². The zero-order valence-electron chi connectivity index (χ0n) is 17.5. The van der Waals surface area contributed by atoms with Gasteiger partial charge in [-0.1, -0.05) is 45.9 Å². The van der Waals surface area contributed by atoms with Crippen molar-refractivity contribution in [2.75, 3.05) is 11.1 Å². The van der Waals surface area contributed by atoms with Crippen molar-refractivity contribution in [2.45, 2.75) is 45.5 Å². The number of halogens is 1. The van der Waals surface area contributed by atoms with E-state index < -0.39 is 0 Å². The number of carbonyl (C=O) groups excluding carboxylic acids is 1. The Balaban J connectivity index is 1.64. The van der Waals surface area contributed by atoms with Crippen molar-refractivity contribution in [3.8, 4) is 5.75 Å². The molecule has 0 aliphatic rings. The Labute approximate surface area is 189 Å². The first-order chi connectivity index (χ1) is 14.4. The van der Waals surface area contributed by atoms with E-state index in [0.29, 0.717) is 11.7 Å². The Hall–Kier alpha value is -2.32. The first kappa shape index (κ1) is 22.4. The molecule has 0 saturated heterocycles. The number of benzene rings is 2. The summed E-state index contributed by atoms with van der Waals surface area (Å²) >= 11 is 4.88. The Kier molecular flexibility index (Phi) is 7.55. The second-order valence-corrected chi connectivity index (χ2v) is 8.64. The van der Waals surface area contributed by atoms with E-state index in [2.05, 4.69) is 31.4 Å². The number of nitrogens with zero attached hydrogens (tertiary/aromatic N) is 3. The molecule has 0 fully saturated rings. The van der Waals surface area contributed by atoms with Crippen LogP contribution in [0.3, 0.4) is 0 Å². The van der Waals surface area contributed by atoms with Gasteiger partial charge >= 0.3 is 0 Å². The highest BCUT2D eigenvalue weighted by Crippen LogP contribution is 2.27. The van der Waals surface area contributed by atoms with Crippen LogP contribution in [0.25, 0.3) is 0 Å². The molecule has 1 unspecified atom stereocenters. The van der Waals surface area contributed by atoms with Gasteiger partial charge in [0.2, 0.25) is 5.91 Å². The van der Waals surface area contributed by atoms with Gasteiger partial charge in [0.1, 0.15) is 5.75 Å². The van der Waals surface area contributed by atoms with E-state index >= 15 is 0 Å². The molecule has 6 nitrogen and oxygen atoms in total. The number of amides is 1. The lowest BCUT2D eigenvalue weighted by Crippen LogP contribution is -2.16. The molecule has 3 aromatic rings. The molecular weight excluding hydrogens is 464 g/mol. The van der Waals surface area contributed by atoms with Crippen LogP contribution in [0.2, 0.25) is 0 Å². The van der Waals surface area contributed by atoms with Gasteiger partial charge in [-0.2, -0.15) is 0 Å². The van der Waals surface area contributed by atoms with Gasteiger partial charge in [-0.05, 0) is 63.1 Å². The Morgan fingerprint density at radius 1 is 1.17 bits per heavy atom. The molecule has 1 heterocycles. The Morgan fingerprint density at radius 2 is 1.90 bits per heavy atom. The maximum atomic E-state index is 12.5. The van der Waals surface area contributed by atoms with E-state index in [-0.39, 0.29) is 17.8 Å². The van der Waals surface area contributed by atoms with Crippen LogP contribution in [0.15, 0.2) is 52.1 Å². The van der Waals surface area contributed by atoms with Crippen LogP contribution in [0.1, 0.15) is 36.9 Å². The maximum Gasteiger partial charge on any atom is 0.234 e. The number of nitrogens with one attached hydrogen (secondary N) is 1. The van der Waals surface area contributed by atoms with E-state index in [1.54, 1.807) is 0 Å². The molecule has 0 saturated carbocycles. The number of rotatable bonds is 8. The zero-order chi connectivity index (χ0) is 21.7. The van der Waals surface area contributed by atoms with Gasteiger partial charge in [0.15, 0.2) is 17.1 Å². The van der Waals surface area contributed by atoms with Crippen molar-refractivity contribution in [1.29, 1.82) is 0 Å². The lowest BCUT2D eigenvalue weighted by atomic mass is 10.1. The third-order valence-electron chi connectivity index (χ3n) is 4.81. The molecule has 3 rings (SSSR count). The molecule has 1 amide bonds. The highest BCUT2D eigenvalue weighted by molar-refractivity contribution is 9.10. The molecule has 1 N–H and O–H groups in total. The minimum Gasteiger partial charge on any atom is -0.483 e. The van der Waals surface area contributed by atoms with Gasteiger partial charge in [-0.15, -0.1) is 10.2 Å². The van der Waals surface area contributed by atoms with Crippen LogP contribution >= 0.6 is 27.7 Å². The highest BCUT2D eigenvalue weighted by Gasteiger charge is 2.19. The minimum atomic E-state index is -0.253. The lowest BCUT2D eigenvalue weighted by Gasteiger charge is -2.15. The average Bonchev–Trinajstić information content (AvgIpc) is 3.16. The summed E-state index contributed by atoms with van der Waals surface area (Å²) in [5, 5.41) is 12.3. The predicted octanol–water partition coefficient (Wildman–Crippen LogP) is 5.55. The summed E-state index contributed by atoms with van der Waals surface area (Å²) in [5.74, 6) is 1.69. The maximum absolute atomic E-state index is 12.5. The molecule has 0 aliphatic heterocycles. The third kappa shape index (κ3) is 5.23.